The highest BCUT2D eigenvalue weighted by Gasteiger charge is 2.36. The van der Waals surface area contributed by atoms with Gasteiger partial charge in [-0.15, -0.1) is 16.6 Å². The Bertz CT molecular complexity index is 1950. The summed E-state index contributed by atoms with van der Waals surface area (Å²) < 4.78 is 19.8. The summed E-state index contributed by atoms with van der Waals surface area (Å²) in [7, 11) is 0. The van der Waals surface area contributed by atoms with Crippen LogP contribution in [0.3, 0.4) is 0 Å². The van der Waals surface area contributed by atoms with Gasteiger partial charge in [0.25, 0.3) is 0 Å². The van der Waals surface area contributed by atoms with E-state index in [-0.39, 0.29) is 55.3 Å². The molecule has 0 aromatic carbocycles. The van der Waals surface area contributed by atoms with Crippen molar-refractivity contribution in [2.45, 2.75) is 85.0 Å². The first kappa shape index (κ1) is 53.9. The van der Waals surface area contributed by atoms with Crippen molar-refractivity contribution in [2.75, 3.05) is 120 Å². The first-order valence-electron chi connectivity index (χ1n) is 23.1. The number of nitrogens with two attached hydrogens (primary N) is 2. The molecule has 6 N–H and O–H groups in total. The van der Waals surface area contributed by atoms with E-state index in [9.17, 15) is 14.7 Å². The van der Waals surface area contributed by atoms with Crippen LogP contribution < -0.4 is 39.0 Å². The van der Waals surface area contributed by atoms with Crippen LogP contribution in [0, 0.1) is 30.1 Å². The summed E-state index contributed by atoms with van der Waals surface area (Å²) in [5.41, 5.74) is 13.5. The van der Waals surface area contributed by atoms with Crippen molar-refractivity contribution in [3.8, 4) is 12.3 Å². The molecule has 0 aliphatic carbocycles. The summed E-state index contributed by atoms with van der Waals surface area (Å²) in [6.07, 6.45) is 11.0. The number of terminal acetylenes is 1. The van der Waals surface area contributed by atoms with E-state index in [1.807, 2.05) is 29.8 Å². The minimum absolute atomic E-state index is 0. The normalized spacial score (nSPS) is 17.2. The number of rotatable bonds is 26. The second-order valence-corrected chi connectivity index (χ2v) is 17.2. The molecule has 368 valence electrons. The summed E-state index contributed by atoms with van der Waals surface area (Å²) in [4.78, 5) is 50.8. The number of ether oxygens (including phenoxy) is 3. The van der Waals surface area contributed by atoms with Crippen LogP contribution >= 0.6 is 0 Å². The van der Waals surface area contributed by atoms with E-state index < -0.39 is 18.1 Å². The Balaban J connectivity index is 0.00000952. The summed E-state index contributed by atoms with van der Waals surface area (Å²) in [5.74, 6) is 4.12. The van der Waals surface area contributed by atoms with Crippen LogP contribution in [0.25, 0.3) is 0 Å². The second kappa shape index (κ2) is 27.2. The zero-order valence-corrected chi connectivity index (χ0v) is 40.3. The molecule has 5 rings (SSSR count). The predicted molar refractivity (Wildman–Crippen MR) is 245 cm³/mol. The third-order valence-corrected chi connectivity index (χ3v) is 12.0. The molecule has 2 fully saturated rings. The van der Waals surface area contributed by atoms with Gasteiger partial charge < -0.3 is 68.1 Å². The van der Waals surface area contributed by atoms with Crippen molar-refractivity contribution >= 4 is 29.7 Å². The van der Waals surface area contributed by atoms with Crippen molar-refractivity contribution in [1.82, 2.24) is 54.7 Å². The van der Waals surface area contributed by atoms with E-state index in [1.54, 1.807) is 15.6 Å². The van der Waals surface area contributed by atoms with E-state index >= 15 is 0 Å². The number of hydrogen-bond donors (Lipinski definition) is 4. The number of aliphatic hydroxyl groups excluding tert-OH is 1. The molecule has 66 heavy (non-hydrogen) atoms. The average molecular weight is 945 g/mol. The monoisotopic (exact) mass is 944 g/mol. The molecule has 23 heteroatoms. The largest absolute Gasteiger partial charge is 1.00 e. The van der Waals surface area contributed by atoms with Crippen molar-refractivity contribution in [3.63, 3.8) is 0 Å². The number of piperazine rings is 2. The third kappa shape index (κ3) is 14.9. The van der Waals surface area contributed by atoms with E-state index in [1.165, 1.54) is 0 Å². The van der Waals surface area contributed by atoms with Crippen LogP contribution in [0.1, 0.15) is 96.4 Å². The lowest BCUT2D eigenvalue weighted by atomic mass is 9.97. The number of aliphatic hydroxyl groups is 1. The van der Waals surface area contributed by atoms with Gasteiger partial charge in [0, 0.05) is 58.9 Å². The minimum atomic E-state index is -0.681. The van der Waals surface area contributed by atoms with Crippen molar-refractivity contribution in [1.29, 1.82) is 0 Å². The Hall–Kier alpha value is -4.76. The van der Waals surface area contributed by atoms with Gasteiger partial charge in [-0.1, -0.05) is 70.7 Å². The highest BCUT2D eigenvalue weighted by molar-refractivity contribution is 5.81. The van der Waals surface area contributed by atoms with Crippen LogP contribution in [0.4, 0.5) is 17.8 Å². The molecule has 0 bridgehead atoms. The molecule has 2 aliphatic heterocycles. The maximum Gasteiger partial charge on any atom is 0.247 e. The Morgan fingerprint density at radius 2 is 1.18 bits per heavy atom. The molecule has 5 heterocycles. The van der Waals surface area contributed by atoms with Crippen LogP contribution in [-0.4, -0.2) is 177 Å². The van der Waals surface area contributed by atoms with Gasteiger partial charge in [-0.2, -0.15) is 15.0 Å². The summed E-state index contributed by atoms with van der Waals surface area (Å²) in [5, 5.41) is 30.0. The second-order valence-electron chi connectivity index (χ2n) is 17.2. The van der Waals surface area contributed by atoms with Crippen LogP contribution in [0.15, 0.2) is 12.4 Å². The Labute approximate surface area is 395 Å². The summed E-state index contributed by atoms with van der Waals surface area (Å²) in [6, 6.07) is -2.02. The molecular formula is C43H72ClN16O6-. The zero-order valence-electron chi connectivity index (χ0n) is 39.5. The van der Waals surface area contributed by atoms with Crippen LogP contribution in [0.2, 0.25) is 0 Å². The molecule has 0 saturated carbocycles. The lowest BCUT2D eigenvalue weighted by Gasteiger charge is -2.38. The maximum atomic E-state index is 14.2. The number of anilines is 3. The fourth-order valence-electron chi connectivity index (χ4n) is 7.75. The van der Waals surface area contributed by atoms with Gasteiger partial charge in [-0.25, -0.2) is 9.36 Å². The number of nitrogens with zero attached hydrogens (tertiary/aromatic N) is 13. The van der Waals surface area contributed by atoms with Gasteiger partial charge in [-0.3, -0.25) is 9.59 Å². The molecule has 0 radical (unpaired) electrons. The summed E-state index contributed by atoms with van der Waals surface area (Å²) >= 11 is 0. The fraction of sp³-hybridized carbons (Fsp3) is 0.744. The maximum absolute atomic E-state index is 14.2. The Morgan fingerprint density at radius 3 is 1.62 bits per heavy atom. The molecule has 22 nitrogen and oxygen atoms in total. The van der Waals surface area contributed by atoms with Gasteiger partial charge in [0.15, 0.2) is 0 Å². The molecular weight excluding hydrogens is 872 g/mol. The highest BCUT2D eigenvalue weighted by atomic mass is 35.5. The van der Waals surface area contributed by atoms with Gasteiger partial charge >= 0.3 is 0 Å². The molecule has 6 atom stereocenters. The number of aromatic nitrogens is 9. The molecule has 0 spiro atoms. The Morgan fingerprint density at radius 1 is 0.727 bits per heavy atom. The number of hydrogen-bond acceptors (Lipinski definition) is 18. The average Bonchev–Trinajstić information content (AvgIpc) is 4.01. The number of nitrogens with one attached hydrogen (secondary N) is 1. The molecule has 2 aliphatic rings. The molecule has 3 aromatic rings. The molecule has 0 unspecified atom stereocenters. The topological polar surface area (TPSA) is 259 Å². The van der Waals surface area contributed by atoms with E-state index in [2.05, 4.69) is 69.4 Å². The van der Waals surface area contributed by atoms with E-state index in [0.29, 0.717) is 127 Å². The molecule has 2 amide bonds. The minimum Gasteiger partial charge on any atom is -1.00 e. The Kier molecular flexibility index (Phi) is 22.2. The predicted octanol–water partition coefficient (Wildman–Crippen LogP) is -1.94. The first-order valence-corrected chi connectivity index (χ1v) is 23.1. The molecule has 3 aromatic heterocycles. The lowest BCUT2D eigenvalue weighted by molar-refractivity contribution is -0.137. The van der Waals surface area contributed by atoms with E-state index in [4.69, 9.17) is 47.1 Å². The molecule has 2 saturated heterocycles. The fourth-order valence-corrected chi connectivity index (χ4v) is 7.75. The number of carbonyl (C=O) groups excluding carboxylic acids is 2. The quantitative estimate of drug-likeness (QED) is 0.0505. The van der Waals surface area contributed by atoms with E-state index in [0.717, 1.165) is 19.3 Å². The lowest BCUT2D eigenvalue weighted by Crippen LogP contribution is -3.00. The number of carbonyl (C=O) groups is 2. The van der Waals surface area contributed by atoms with Crippen molar-refractivity contribution in [3.05, 3.63) is 23.8 Å². The number of amides is 2. The summed E-state index contributed by atoms with van der Waals surface area (Å²) in [6.45, 7) is 18.7. The van der Waals surface area contributed by atoms with Crippen molar-refractivity contribution < 1.29 is 41.3 Å². The van der Waals surface area contributed by atoms with Crippen molar-refractivity contribution in [2.24, 2.45) is 29.2 Å². The first-order chi connectivity index (χ1) is 31.4. The van der Waals surface area contributed by atoms with Gasteiger partial charge in [-0.05, 0) is 24.2 Å². The third-order valence-electron chi connectivity index (χ3n) is 12.0. The smallest absolute Gasteiger partial charge is 0.247 e. The number of halogens is 1. The highest BCUT2D eigenvalue weighted by Crippen LogP contribution is 2.28. The van der Waals surface area contributed by atoms with Crippen LogP contribution in [0.5, 0.6) is 0 Å². The standard InChI is InChI=1S/C43H72N16O6.ClH/c1-8-20-63-22-24-65-25-23-64-21-11-46-41-47-42(56-16-12-54(13-17-56)39(61)37(31(6)9-2)58-27-35(50-52-58)33(44)26-30(4)5)49-43(48-41)57-18-14-55(15-19-57)40(62)38(32(7)10-3)59-28-36(51-53-59)34(45)29-60;/h1,27-28,30-34,37-38,60H,9-26,29,44-45H2,2-7H3,(H,46,47,48,49);1H/p-1/t31-,32-,33-,34-,37-,38-;/m0./s1. The van der Waals surface area contributed by atoms with Crippen LogP contribution in [-0.2, 0) is 23.8 Å². The van der Waals surface area contributed by atoms with Gasteiger partial charge in [0.2, 0.25) is 29.7 Å². The SMILES string of the molecule is C#CCOCCOCCOCCNc1nc(N2CCN(C(=O)[C@H]([C@@H](C)CC)n3cc([C@@H](N)CO)nn3)CC2)nc(N2CCN(C(=O)[C@H]([C@@H](C)CC)n3cc([C@@H](N)CC(C)C)nn3)CC2)n1.[Cl-]. The zero-order chi connectivity index (χ0) is 46.9. The van der Waals surface area contributed by atoms with Gasteiger partial charge in [0.05, 0.1) is 69.8 Å². The van der Waals surface area contributed by atoms with Gasteiger partial charge in [0.1, 0.15) is 24.4 Å².